The molecule has 0 unspecified atom stereocenters. The van der Waals surface area contributed by atoms with Crippen LogP contribution in [0.3, 0.4) is 0 Å². The van der Waals surface area contributed by atoms with Crippen molar-refractivity contribution in [2.45, 2.75) is 27.7 Å². The van der Waals surface area contributed by atoms with E-state index in [1.165, 1.54) is 0 Å². The van der Waals surface area contributed by atoms with Crippen molar-refractivity contribution in [3.05, 3.63) is 59.8 Å². The summed E-state index contributed by atoms with van der Waals surface area (Å²) in [5.41, 5.74) is 3.88. The van der Waals surface area contributed by atoms with E-state index in [1.807, 2.05) is 49.4 Å². The highest BCUT2D eigenvalue weighted by molar-refractivity contribution is 6.06. The Balaban J connectivity index is 1.97. The zero-order valence-corrected chi connectivity index (χ0v) is 16.8. The number of nitrogens with one attached hydrogen (secondary N) is 1. The van der Waals surface area contributed by atoms with Gasteiger partial charge < -0.3 is 14.8 Å². The number of fused-ring (bicyclic) bond motifs is 1. The van der Waals surface area contributed by atoms with Crippen molar-refractivity contribution >= 4 is 28.2 Å². The molecule has 0 amide bonds. The van der Waals surface area contributed by atoms with Crippen LogP contribution in [0.15, 0.2) is 48.7 Å². The molecule has 0 saturated carbocycles. The summed E-state index contributed by atoms with van der Waals surface area (Å²) < 4.78 is 11.0. The summed E-state index contributed by atoms with van der Waals surface area (Å²) in [4.78, 5) is 16.9. The van der Waals surface area contributed by atoms with Crippen LogP contribution in [0.4, 0.5) is 11.4 Å². The minimum atomic E-state index is -0.391. The third-order valence-corrected chi connectivity index (χ3v) is 4.23. The molecule has 5 nitrogen and oxygen atoms in total. The van der Waals surface area contributed by atoms with E-state index in [4.69, 9.17) is 9.47 Å². The Morgan fingerprint density at radius 3 is 2.57 bits per heavy atom. The number of pyridine rings is 1. The molecular formula is C23H26N2O3. The van der Waals surface area contributed by atoms with Crippen LogP contribution in [0.5, 0.6) is 5.75 Å². The van der Waals surface area contributed by atoms with E-state index in [1.54, 1.807) is 13.1 Å². The molecular weight excluding hydrogens is 352 g/mol. The van der Waals surface area contributed by atoms with Crippen LogP contribution >= 0.6 is 0 Å². The Morgan fingerprint density at radius 1 is 1.14 bits per heavy atom. The van der Waals surface area contributed by atoms with E-state index >= 15 is 0 Å². The molecule has 0 aliphatic carbocycles. The van der Waals surface area contributed by atoms with Gasteiger partial charge in [0, 0.05) is 17.3 Å². The number of rotatable bonds is 7. The van der Waals surface area contributed by atoms with Gasteiger partial charge in [0.05, 0.1) is 24.4 Å². The summed E-state index contributed by atoms with van der Waals surface area (Å²) in [7, 11) is 0. The molecule has 0 saturated heterocycles. The van der Waals surface area contributed by atoms with Crippen molar-refractivity contribution in [2.24, 2.45) is 5.92 Å². The number of aromatic nitrogens is 1. The quantitative estimate of drug-likeness (QED) is 0.550. The van der Waals surface area contributed by atoms with E-state index < -0.39 is 5.97 Å². The molecule has 0 aliphatic heterocycles. The fourth-order valence-electron chi connectivity index (χ4n) is 2.85. The number of aryl methyl sites for hydroxylation is 1. The Labute approximate surface area is 165 Å². The van der Waals surface area contributed by atoms with Gasteiger partial charge in [0.25, 0.3) is 0 Å². The molecule has 28 heavy (non-hydrogen) atoms. The molecule has 2 aromatic carbocycles. The average molecular weight is 378 g/mol. The lowest BCUT2D eigenvalue weighted by molar-refractivity contribution is 0.0527. The molecule has 0 atom stereocenters. The van der Waals surface area contributed by atoms with E-state index in [0.717, 1.165) is 27.9 Å². The smallest absolute Gasteiger partial charge is 0.341 e. The first kappa shape index (κ1) is 19.7. The number of carbonyl (C=O) groups is 1. The molecule has 3 aromatic rings. The number of hydrogen-bond donors (Lipinski definition) is 1. The summed E-state index contributed by atoms with van der Waals surface area (Å²) in [6.07, 6.45) is 1.57. The van der Waals surface area contributed by atoms with Crippen molar-refractivity contribution in [3.8, 4) is 5.75 Å². The van der Waals surface area contributed by atoms with Crippen LogP contribution in [-0.2, 0) is 4.74 Å². The second-order valence-electron chi connectivity index (χ2n) is 7.14. The minimum absolute atomic E-state index is 0.312. The molecule has 0 fully saturated rings. The third-order valence-electron chi connectivity index (χ3n) is 4.23. The Hall–Kier alpha value is -3.08. The molecule has 0 spiro atoms. The van der Waals surface area contributed by atoms with Crippen LogP contribution in [0, 0.1) is 12.8 Å². The zero-order chi connectivity index (χ0) is 20.1. The zero-order valence-electron chi connectivity index (χ0n) is 16.8. The first-order valence-corrected chi connectivity index (χ1v) is 9.54. The van der Waals surface area contributed by atoms with Crippen LogP contribution in [0.25, 0.3) is 10.9 Å². The lowest BCUT2D eigenvalue weighted by Crippen LogP contribution is -2.09. The van der Waals surface area contributed by atoms with Crippen molar-refractivity contribution in [1.82, 2.24) is 4.98 Å². The number of ether oxygens (including phenoxy) is 2. The van der Waals surface area contributed by atoms with Gasteiger partial charge in [0.15, 0.2) is 0 Å². The van der Waals surface area contributed by atoms with Gasteiger partial charge in [0.1, 0.15) is 11.3 Å². The fourth-order valence-corrected chi connectivity index (χ4v) is 2.85. The Morgan fingerprint density at radius 2 is 1.89 bits per heavy atom. The molecule has 5 heteroatoms. The van der Waals surface area contributed by atoms with Crippen LogP contribution in [0.2, 0.25) is 0 Å². The fraction of sp³-hybridized carbons (Fsp3) is 0.304. The molecule has 0 bridgehead atoms. The largest absolute Gasteiger partial charge is 0.493 e. The second kappa shape index (κ2) is 8.74. The van der Waals surface area contributed by atoms with Crippen LogP contribution < -0.4 is 10.1 Å². The second-order valence-corrected chi connectivity index (χ2v) is 7.14. The van der Waals surface area contributed by atoms with Gasteiger partial charge in [-0.05, 0) is 56.2 Å². The predicted octanol–water partition coefficient (Wildman–Crippen LogP) is 5.50. The lowest BCUT2D eigenvalue weighted by atomic mass is 10.1. The van der Waals surface area contributed by atoms with Gasteiger partial charge >= 0.3 is 5.97 Å². The molecule has 1 aromatic heterocycles. The van der Waals surface area contributed by atoms with Crippen LogP contribution in [0.1, 0.15) is 36.7 Å². The normalized spacial score (nSPS) is 10.9. The highest BCUT2D eigenvalue weighted by Gasteiger charge is 2.17. The summed E-state index contributed by atoms with van der Waals surface area (Å²) in [5.74, 6) is 0.898. The maximum Gasteiger partial charge on any atom is 0.341 e. The predicted molar refractivity (Wildman–Crippen MR) is 112 cm³/mol. The van der Waals surface area contributed by atoms with Crippen molar-refractivity contribution in [1.29, 1.82) is 0 Å². The van der Waals surface area contributed by atoms with Gasteiger partial charge in [-0.15, -0.1) is 0 Å². The highest BCUT2D eigenvalue weighted by atomic mass is 16.5. The van der Waals surface area contributed by atoms with E-state index in [0.29, 0.717) is 30.4 Å². The average Bonchev–Trinajstić information content (AvgIpc) is 2.68. The van der Waals surface area contributed by atoms with E-state index in [2.05, 4.69) is 24.1 Å². The number of benzene rings is 2. The van der Waals surface area contributed by atoms with Crippen molar-refractivity contribution in [3.63, 3.8) is 0 Å². The minimum Gasteiger partial charge on any atom is -0.493 e. The standard InChI is InChI=1S/C23H26N2O3/c1-5-27-23(26)20-13-24-21-11-6-16(4)12-19(21)22(20)25-17-7-9-18(10-8-17)28-14-15(2)3/h6-13,15H,5,14H2,1-4H3,(H,24,25). The molecule has 1 heterocycles. The number of anilines is 2. The van der Waals surface area contributed by atoms with Crippen molar-refractivity contribution in [2.75, 3.05) is 18.5 Å². The van der Waals surface area contributed by atoms with E-state index in [9.17, 15) is 4.79 Å². The number of esters is 1. The topological polar surface area (TPSA) is 60.5 Å². The first-order chi connectivity index (χ1) is 13.5. The summed E-state index contributed by atoms with van der Waals surface area (Å²) in [5, 5.41) is 4.26. The van der Waals surface area contributed by atoms with Gasteiger partial charge in [-0.2, -0.15) is 0 Å². The molecule has 0 aliphatic rings. The van der Waals surface area contributed by atoms with Crippen molar-refractivity contribution < 1.29 is 14.3 Å². The molecule has 146 valence electrons. The highest BCUT2D eigenvalue weighted by Crippen LogP contribution is 2.31. The number of hydrogen-bond acceptors (Lipinski definition) is 5. The van der Waals surface area contributed by atoms with Gasteiger partial charge in [-0.3, -0.25) is 4.98 Å². The Kier molecular flexibility index (Phi) is 6.14. The van der Waals surface area contributed by atoms with Gasteiger partial charge in [0.2, 0.25) is 0 Å². The number of carbonyl (C=O) groups excluding carboxylic acids is 1. The van der Waals surface area contributed by atoms with Crippen LogP contribution in [-0.4, -0.2) is 24.2 Å². The SMILES string of the molecule is CCOC(=O)c1cnc2ccc(C)cc2c1Nc1ccc(OCC(C)C)cc1. The summed E-state index contributed by atoms with van der Waals surface area (Å²) in [6.45, 7) is 9.02. The number of nitrogens with zero attached hydrogens (tertiary/aromatic N) is 1. The first-order valence-electron chi connectivity index (χ1n) is 9.54. The van der Waals surface area contributed by atoms with Gasteiger partial charge in [-0.1, -0.05) is 25.5 Å². The maximum atomic E-state index is 12.5. The molecule has 0 radical (unpaired) electrons. The monoisotopic (exact) mass is 378 g/mol. The van der Waals surface area contributed by atoms with Gasteiger partial charge in [-0.25, -0.2) is 4.79 Å². The molecule has 1 N–H and O–H groups in total. The summed E-state index contributed by atoms with van der Waals surface area (Å²) >= 11 is 0. The summed E-state index contributed by atoms with van der Waals surface area (Å²) in [6, 6.07) is 13.7. The molecule has 3 rings (SSSR count). The lowest BCUT2D eigenvalue weighted by Gasteiger charge is -2.15. The van der Waals surface area contributed by atoms with E-state index in [-0.39, 0.29) is 0 Å². The maximum absolute atomic E-state index is 12.5. The third kappa shape index (κ3) is 4.60. The Bertz CT molecular complexity index is 965.